The predicted molar refractivity (Wildman–Crippen MR) is 84.4 cm³/mol. The van der Waals surface area contributed by atoms with Gasteiger partial charge in [-0.2, -0.15) is 4.98 Å². The third-order valence-corrected chi connectivity index (χ3v) is 3.40. The summed E-state index contributed by atoms with van der Waals surface area (Å²) in [6.45, 7) is 0.0715. The molecule has 1 aromatic carbocycles. The molecule has 0 aliphatic heterocycles. The van der Waals surface area contributed by atoms with Crippen molar-refractivity contribution in [2.45, 2.75) is 6.04 Å². The van der Waals surface area contributed by atoms with Crippen LogP contribution in [0.1, 0.15) is 11.6 Å². The molecule has 1 unspecified atom stereocenters. The molecule has 2 aromatic rings. The van der Waals surface area contributed by atoms with E-state index in [1.54, 1.807) is 19.0 Å². The number of nitrogens with zero attached hydrogens (tertiary/aromatic N) is 4. The van der Waals surface area contributed by atoms with Gasteiger partial charge in [0.1, 0.15) is 17.8 Å². The summed E-state index contributed by atoms with van der Waals surface area (Å²) in [4.78, 5) is 19.2. The van der Waals surface area contributed by atoms with Crippen molar-refractivity contribution in [1.29, 1.82) is 0 Å². The lowest BCUT2D eigenvalue weighted by Gasteiger charge is -2.25. The molecule has 24 heavy (non-hydrogen) atoms. The average molecular weight is 338 g/mol. The minimum absolute atomic E-state index is 0.0293. The van der Waals surface area contributed by atoms with E-state index < -0.39 is 28.3 Å². The van der Waals surface area contributed by atoms with Crippen LogP contribution in [0, 0.1) is 21.7 Å². The maximum absolute atomic E-state index is 14.0. The first-order valence-corrected chi connectivity index (χ1v) is 6.92. The molecule has 0 radical (unpaired) electrons. The summed E-state index contributed by atoms with van der Waals surface area (Å²) < 4.78 is 27.9. The van der Waals surface area contributed by atoms with E-state index in [9.17, 15) is 18.9 Å². The number of anilines is 2. The molecule has 128 valence electrons. The number of aromatic nitrogens is 2. The molecule has 8 nitrogen and oxygen atoms in total. The second-order valence-corrected chi connectivity index (χ2v) is 5.22. The van der Waals surface area contributed by atoms with Crippen LogP contribution in [0.3, 0.4) is 0 Å². The Balaban J connectivity index is 2.21. The molecular weight excluding hydrogens is 322 g/mol. The first-order chi connectivity index (χ1) is 11.3. The summed E-state index contributed by atoms with van der Waals surface area (Å²) >= 11 is 0. The van der Waals surface area contributed by atoms with Gasteiger partial charge in [0.05, 0.1) is 11.0 Å². The highest BCUT2D eigenvalue weighted by atomic mass is 19.1. The lowest BCUT2D eigenvalue weighted by molar-refractivity contribution is -0.384. The largest absolute Gasteiger partial charge is 0.378 e. The van der Waals surface area contributed by atoms with E-state index in [0.717, 1.165) is 6.20 Å². The van der Waals surface area contributed by atoms with Gasteiger partial charge in [-0.1, -0.05) is 6.07 Å². The maximum atomic E-state index is 14.0. The minimum Gasteiger partial charge on any atom is -0.378 e. The Morgan fingerprint density at radius 3 is 2.50 bits per heavy atom. The van der Waals surface area contributed by atoms with Gasteiger partial charge in [0, 0.05) is 12.1 Å². The van der Waals surface area contributed by atoms with Gasteiger partial charge in [-0.25, -0.2) is 13.8 Å². The molecule has 0 bridgehead atoms. The molecule has 1 atom stereocenters. The van der Waals surface area contributed by atoms with E-state index in [-0.39, 0.29) is 23.9 Å². The van der Waals surface area contributed by atoms with Gasteiger partial charge in [-0.05, 0) is 26.2 Å². The number of hydrogen-bond acceptors (Lipinski definition) is 7. The van der Waals surface area contributed by atoms with E-state index in [1.807, 2.05) is 0 Å². The summed E-state index contributed by atoms with van der Waals surface area (Å²) in [5.41, 5.74) is 4.98. The Kier molecular flexibility index (Phi) is 5.19. The van der Waals surface area contributed by atoms with Crippen LogP contribution in [0.2, 0.25) is 0 Å². The van der Waals surface area contributed by atoms with Crippen LogP contribution < -0.4 is 11.1 Å². The monoisotopic (exact) mass is 338 g/mol. The van der Waals surface area contributed by atoms with Gasteiger partial charge < -0.3 is 16.0 Å². The second kappa shape index (κ2) is 7.13. The van der Waals surface area contributed by atoms with Gasteiger partial charge in [0.25, 0.3) is 0 Å². The van der Waals surface area contributed by atoms with Crippen LogP contribution >= 0.6 is 0 Å². The molecule has 1 aromatic heterocycles. The molecule has 2 rings (SSSR count). The maximum Gasteiger partial charge on any atom is 0.329 e. The summed E-state index contributed by atoms with van der Waals surface area (Å²) in [7, 11) is 3.34. The molecule has 10 heteroatoms. The number of rotatable bonds is 6. The van der Waals surface area contributed by atoms with Crippen molar-refractivity contribution in [3.63, 3.8) is 0 Å². The van der Waals surface area contributed by atoms with E-state index in [0.29, 0.717) is 0 Å². The third-order valence-electron chi connectivity index (χ3n) is 3.40. The van der Waals surface area contributed by atoms with Crippen molar-refractivity contribution in [3.05, 3.63) is 51.7 Å². The fraction of sp³-hybridized carbons (Fsp3) is 0.286. The Labute approximate surface area is 136 Å². The first kappa shape index (κ1) is 17.5. The highest BCUT2D eigenvalue weighted by Crippen LogP contribution is 2.25. The predicted octanol–water partition coefficient (Wildman–Crippen LogP) is 1.96. The third kappa shape index (κ3) is 3.71. The van der Waals surface area contributed by atoms with Gasteiger partial charge >= 0.3 is 5.69 Å². The van der Waals surface area contributed by atoms with E-state index in [2.05, 4.69) is 15.3 Å². The van der Waals surface area contributed by atoms with Gasteiger partial charge in [-0.15, -0.1) is 0 Å². The fourth-order valence-corrected chi connectivity index (χ4v) is 2.17. The van der Waals surface area contributed by atoms with Crippen LogP contribution in [-0.2, 0) is 0 Å². The molecule has 0 saturated heterocycles. The highest BCUT2D eigenvalue weighted by molar-refractivity contribution is 5.53. The van der Waals surface area contributed by atoms with Crippen LogP contribution in [-0.4, -0.2) is 40.4 Å². The first-order valence-electron chi connectivity index (χ1n) is 6.92. The van der Waals surface area contributed by atoms with E-state index in [1.165, 1.54) is 18.2 Å². The molecule has 0 amide bonds. The zero-order valence-corrected chi connectivity index (χ0v) is 13.0. The van der Waals surface area contributed by atoms with E-state index in [4.69, 9.17) is 5.73 Å². The normalized spacial score (nSPS) is 12.2. The molecule has 0 aliphatic rings. The Bertz CT molecular complexity index is 736. The van der Waals surface area contributed by atoms with Crippen LogP contribution in [0.4, 0.5) is 26.2 Å². The average Bonchev–Trinajstić information content (AvgIpc) is 2.49. The quantitative estimate of drug-likeness (QED) is 0.612. The zero-order valence-electron chi connectivity index (χ0n) is 13.0. The topological polar surface area (TPSA) is 110 Å². The molecule has 3 N–H and O–H groups in total. The van der Waals surface area contributed by atoms with Gasteiger partial charge in [-0.3, -0.25) is 10.1 Å². The van der Waals surface area contributed by atoms with Crippen molar-refractivity contribution < 1.29 is 13.7 Å². The molecule has 1 heterocycles. The zero-order chi connectivity index (χ0) is 17.9. The molecule has 0 aliphatic carbocycles. The van der Waals surface area contributed by atoms with Crippen LogP contribution in [0.25, 0.3) is 0 Å². The van der Waals surface area contributed by atoms with Crippen molar-refractivity contribution in [2.24, 2.45) is 0 Å². The van der Waals surface area contributed by atoms with Crippen molar-refractivity contribution >= 4 is 17.5 Å². The number of likely N-dealkylation sites (N-methyl/N-ethyl adjacent to an activating group) is 1. The Hall–Kier alpha value is -2.88. The molecule has 0 fully saturated rings. The lowest BCUT2D eigenvalue weighted by atomic mass is 10.0. The van der Waals surface area contributed by atoms with Crippen molar-refractivity contribution in [1.82, 2.24) is 14.9 Å². The SMILES string of the molecule is CN(C)C(CNc1ncc([N+](=O)[O-])c(N)n1)c1c(F)cccc1F. The van der Waals surface area contributed by atoms with Gasteiger partial charge in [0.2, 0.25) is 11.8 Å². The molecule has 0 saturated carbocycles. The van der Waals surface area contributed by atoms with Crippen molar-refractivity contribution in [3.8, 4) is 0 Å². The standard InChI is InChI=1S/C14H16F2N6O2/c1-21(2)10(12-8(15)4-3-5-9(12)16)6-18-14-19-7-11(22(23)24)13(17)20-14/h3-5,7,10H,6H2,1-2H3,(H3,17,18,19,20). The number of nitrogens with one attached hydrogen (secondary N) is 1. The molecule has 0 spiro atoms. The highest BCUT2D eigenvalue weighted by Gasteiger charge is 2.22. The summed E-state index contributed by atoms with van der Waals surface area (Å²) in [6, 6.07) is 2.99. The van der Waals surface area contributed by atoms with Gasteiger partial charge in [0.15, 0.2) is 0 Å². The van der Waals surface area contributed by atoms with E-state index >= 15 is 0 Å². The Morgan fingerprint density at radius 2 is 2.00 bits per heavy atom. The lowest BCUT2D eigenvalue weighted by Crippen LogP contribution is -2.29. The smallest absolute Gasteiger partial charge is 0.329 e. The summed E-state index contributed by atoms with van der Waals surface area (Å²) in [5.74, 6) is -1.60. The molecular formula is C14H16F2N6O2. The van der Waals surface area contributed by atoms with Crippen LogP contribution in [0.15, 0.2) is 24.4 Å². The van der Waals surface area contributed by atoms with Crippen molar-refractivity contribution in [2.75, 3.05) is 31.7 Å². The number of nitrogens with two attached hydrogens (primary N) is 1. The summed E-state index contributed by atoms with van der Waals surface area (Å²) in [6.07, 6.45) is 0.971. The second-order valence-electron chi connectivity index (χ2n) is 5.22. The summed E-state index contributed by atoms with van der Waals surface area (Å²) in [5, 5.41) is 13.5. The number of nitro groups is 1. The Morgan fingerprint density at radius 1 is 1.38 bits per heavy atom. The number of hydrogen-bond donors (Lipinski definition) is 2. The number of benzene rings is 1. The number of nitrogen functional groups attached to an aromatic ring is 1. The fourth-order valence-electron chi connectivity index (χ4n) is 2.17. The van der Waals surface area contributed by atoms with Crippen LogP contribution in [0.5, 0.6) is 0 Å². The number of halogens is 2. The minimum atomic E-state index is -0.698.